The minimum absolute atomic E-state index is 0.0935. The Bertz CT molecular complexity index is 163. The number of rotatable bonds is 2. The van der Waals surface area contributed by atoms with Crippen molar-refractivity contribution in [3.63, 3.8) is 0 Å². The third-order valence-electron chi connectivity index (χ3n) is 3.09. The second-order valence-corrected chi connectivity index (χ2v) is 5.26. The number of halogens is 2. The summed E-state index contributed by atoms with van der Waals surface area (Å²) in [7, 11) is 0. The van der Waals surface area contributed by atoms with E-state index in [0.717, 1.165) is 6.42 Å². The second kappa shape index (κ2) is 3.55. The summed E-state index contributed by atoms with van der Waals surface area (Å²) in [4.78, 5) is 0. The molecule has 1 aliphatic carbocycles. The molecular weight excluding hydrogens is 170 g/mol. The van der Waals surface area contributed by atoms with Crippen LogP contribution in [0.2, 0.25) is 0 Å². The van der Waals surface area contributed by atoms with Crippen LogP contribution >= 0.6 is 0 Å². The molecule has 0 spiro atoms. The van der Waals surface area contributed by atoms with Crippen molar-refractivity contribution in [3.8, 4) is 0 Å². The van der Waals surface area contributed by atoms with Gasteiger partial charge < -0.3 is 0 Å². The molecule has 0 aliphatic heterocycles. The Hall–Kier alpha value is -0.140. The molecule has 1 fully saturated rings. The Kier molecular flexibility index (Phi) is 2.98. The van der Waals surface area contributed by atoms with E-state index >= 15 is 0 Å². The minimum atomic E-state index is -2.38. The van der Waals surface area contributed by atoms with Crippen molar-refractivity contribution in [2.75, 3.05) is 0 Å². The Morgan fingerprint density at radius 1 is 1.08 bits per heavy atom. The van der Waals surface area contributed by atoms with Gasteiger partial charge in [0, 0.05) is 12.8 Å². The molecule has 0 N–H and O–H groups in total. The lowest BCUT2D eigenvalue weighted by Crippen LogP contribution is -2.32. The third kappa shape index (κ3) is 3.24. The van der Waals surface area contributed by atoms with Gasteiger partial charge in [0.05, 0.1) is 0 Å². The molecule has 0 nitrogen and oxygen atoms in total. The van der Waals surface area contributed by atoms with Crippen molar-refractivity contribution in [1.29, 1.82) is 0 Å². The molecule has 0 bridgehead atoms. The van der Waals surface area contributed by atoms with Gasteiger partial charge in [-0.15, -0.1) is 0 Å². The smallest absolute Gasteiger partial charge is 0.207 e. The molecular formula is C11H20F2. The van der Waals surface area contributed by atoms with E-state index in [2.05, 4.69) is 20.8 Å². The molecule has 0 aromatic carbocycles. The summed E-state index contributed by atoms with van der Waals surface area (Å²) in [6, 6.07) is 0. The van der Waals surface area contributed by atoms with E-state index in [1.165, 1.54) is 0 Å². The fourth-order valence-corrected chi connectivity index (χ4v) is 2.41. The molecule has 13 heavy (non-hydrogen) atoms. The second-order valence-electron chi connectivity index (χ2n) is 5.26. The summed E-state index contributed by atoms with van der Waals surface area (Å²) in [5.74, 6) is -1.76. The van der Waals surface area contributed by atoms with E-state index in [0.29, 0.717) is 18.8 Å². The summed E-state index contributed by atoms with van der Waals surface area (Å²) in [5.41, 5.74) is 0.176. The van der Waals surface area contributed by atoms with Gasteiger partial charge >= 0.3 is 0 Å². The van der Waals surface area contributed by atoms with Crippen molar-refractivity contribution in [2.45, 2.75) is 58.8 Å². The highest BCUT2D eigenvalue weighted by atomic mass is 19.3. The largest absolute Gasteiger partial charge is 0.248 e. The number of hydrogen-bond donors (Lipinski definition) is 0. The van der Waals surface area contributed by atoms with Crippen LogP contribution < -0.4 is 0 Å². The number of alkyl halides is 2. The van der Waals surface area contributed by atoms with Gasteiger partial charge in [-0.2, -0.15) is 0 Å². The molecule has 1 saturated carbocycles. The van der Waals surface area contributed by atoms with Crippen LogP contribution in [0.25, 0.3) is 0 Å². The monoisotopic (exact) mass is 190 g/mol. The lowest BCUT2D eigenvalue weighted by Gasteiger charge is -2.38. The molecule has 2 heteroatoms. The zero-order valence-corrected chi connectivity index (χ0v) is 8.87. The van der Waals surface area contributed by atoms with Gasteiger partial charge in [0.1, 0.15) is 0 Å². The van der Waals surface area contributed by atoms with Gasteiger partial charge in [-0.1, -0.05) is 20.8 Å². The predicted molar refractivity (Wildman–Crippen MR) is 51.0 cm³/mol. The van der Waals surface area contributed by atoms with E-state index in [1.54, 1.807) is 0 Å². The van der Waals surface area contributed by atoms with Gasteiger partial charge in [0.15, 0.2) is 0 Å². The average molecular weight is 190 g/mol. The Morgan fingerprint density at radius 3 is 1.92 bits per heavy atom. The fraction of sp³-hybridized carbons (Fsp3) is 1.00. The maximum atomic E-state index is 12.9. The van der Waals surface area contributed by atoms with Crippen LogP contribution in [-0.4, -0.2) is 5.92 Å². The molecule has 0 radical (unpaired) electrons. The van der Waals surface area contributed by atoms with Crippen LogP contribution in [0.1, 0.15) is 52.9 Å². The summed E-state index contributed by atoms with van der Waals surface area (Å²) in [5, 5.41) is 0. The lowest BCUT2D eigenvalue weighted by molar-refractivity contribution is -0.0670. The van der Waals surface area contributed by atoms with Crippen molar-refractivity contribution >= 4 is 0 Å². The molecule has 0 aromatic heterocycles. The third-order valence-corrected chi connectivity index (χ3v) is 3.09. The Labute approximate surface area is 79.7 Å². The maximum absolute atomic E-state index is 12.9. The van der Waals surface area contributed by atoms with E-state index in [-0.39, 0.29) is 18.3 Å². The zero-order chi connectivity index (χ0) is 10.1. The van der Waals surface area contributed by atoms with E-state index in [4.69, 9.17) is 0 Å². The molecule has 0 amide bonds. The molecule has 0 saturated heterocycles. The quantitative estimate of drug-likeness (QED) is 0.610. The summed E-state index contributed by atoms with van der Waals surface area (Å²) in [6.07, 6.45) is 2.66. The zero-order valence-electron chi connectivity index (χ0n) is 8.87. The number of hydrogen-bond acceptors (Lipinski definition) is 0. The van der Waals surface area contributed by atoms with E-state index in [1.807, 2.05) is 0 Å². The first-order valence-corrected chi connectivity index (χ1v) is 5.21. The maximum Gasteiger partial charge on any atom is 0.248 e. The standard InChI is InChI=1S/C11H20F2/c1-9(2)8-10(3)4-6-11(12,13)7-5-10/h9H,4-8H2,1-3H3. The molecule has 0 atom stereocenters. The Morgan fingerprint density at radius 2 is 1.54 bits per heavy atom. The van der Waals surface area contributed by atoms with E-state index in [9.17, 15) is 8.78 Å². The summed E-state index contributed by atoms with van der Waals surface area (Å²) in [6.45, 7) is 6.48. The molecule has 0 aromatic rings. The Balaban J connectivity index is 2.47. The molecule has 78 valence electrons. The van der Waals surface area contributed by atoms with Crippen LogP contribution in [0.15, 0.2) is 0 Å². The van der Waals surface area contributed by atoms with Gasteiger partial charge in [0.2, 0.25) is 5.92 Å². The lowest BCUT2D eigenvalue weighted by atomic mass is 9.70. The minimum Gasteiger partial charge on any atom is -0.207 e. The highest BCUT2D eigenvalue weighted by Crippen LogP contribution is 2.46. The van der Waals surface area contributed by atoms with Gasteiger partial charge in [-0.25, -0.2) is 8.78 Å². The van der Waals surface area contributed by atoms with E-state index < -0.39 is 5.92 Å². The summed E-state index contributed by atoms with van der Waals surface area (Å²) < 4.78 is 25.8. The van der Waals surface area contributed by atoms with Crippen molar-refractivity contribution < 1.29 is 8.78 Å². The van der Waals surface area contributed by atoms with Crippen molar-refractivity contribution in [2.24, 2.45) is 11.3 Å². The van der Waals surface area contributed by atoms with Crippen molar-refractivity contribution in [1.82, 2.24) is 0 Å². The van der Waals surface area contributed by atoms with Crippen LogP contribution in [-0.2, 0) is 0 Å². The predicted octanol–water partition coefficient (Wildman–Crippen LogP) is 4.25. The van der Waals surface area contributed by atoms with Gasteiger partial charge in [0.25, 0.3) is 0 Å². The van der Waals surface area contributed by atoms with Crippen LogP contribution in [0.4, 0.5) is 8.78 Å². The van der Waals surface area contributed by atoms with Crippen molar-refractivity contribution in [3.05, 3.63) is 0 Å². The van der Waals surface area contributed by atoms with Crippen LogP contribution in [0.3, 0.4) is 0 Å². The first-order valence-electron chi connectivity index (χ1n) is 5.21. The molecule has 1 rings (SSSR count). The first-order chi connectivity index (χ1) is 5.83. The SMILES string of the molecule is CC(C)CC1(C)CCC(F)(F)CC1. The molecule has 0 unspecified atom stereocenters. The average Bonchev–Trinajstić information content (AvgIpc) is 1.95. The highest BCUT2D eigenvalue weighted by molar-refractivity contribution is 4.86. The van der Waals surface area contributed by atoms with Gasteiger partial charge in [-0.05, 0) is 30.6 Å². The normalized spacial score (nSPS) is 26.3. The molecule has 1 aliphatic rings. The van der Waals surface area contributed by atoms with Crippen LogP contribution in [0, 0.1) is 11.3 Å². The fourth-order valence-electron chi connectivity index (χ4n) is 2.41. The first kappa shape index (κ1) is 10.9. The highest BCUT2D eigenvalue weighted by Gasteiger charge is 2.40. The summed E-state index contributed by atoms with van der Waals surface area (Å²) >= 11 is 0. The topological polar surface area (TPSA) is 0 Å². The molecule has 0 heterocycles. The van der Waals surface area contributed by atoms with Gasteiger partial charge in [-0.3, -0.25) is 0 Å². The van der Waals surface area contributed by atoms with Crippen LogP contribution in [0.5, 0.6) is 0 Å².